The minimum absolute atomic E-state index is 0.172. The van der Waals surface area contributed by atoms with Crippen molar-refractivity contribution >= 4 is 28.9 Å². The van der Waals surface area contributed by atoms with Gasteiger partial charge < -0.3 is 24.6 Å². The van der Waals surface area contributed by atoms with Crippen molar-refractivity contribution in [2.45, 2.75) is 46.6 Å². The highest BCUT2D eigenvalue weighted by Crippen LogP contribution is 2.32. The lowest BCUT2D eigenvalue weighted by molar-refractivity contribution is 0.0240. The van der Waals surface area contributed by atoms with Gasteiger partial charge in [0.2, 0.25) is 0 Å². The summed E-state index contributed by atoms with van der Waals surface area (Å²) in [6.07, 6.45) is 2.86. The molecule has 0 saturated carbocycles. The molecule has 2 amide bonds. The van der Waals surface area contributed by atoms with Crippen LogP contribution in [0.5, 0.6) is 5.75 Å². The Kier molecular flexibility index (Phi) is 8.43. The van der Waals surface area contributed by atoms with E-state index in [-0.39, 0.29) is 12.0 Å². The molecule has 188 valence electrons. The van der Waals surface area contributed by atoms with Gasteiger partial charge in [0.1, 0.15) is 11.4 Å². The Morgan fingerprint density at radius 2 is 1.63 bits per heavy atom. The van der Waals surface area contributed by atoms with E-state index in [1.165, 1.54) is 5.57 Å². The molecule has 1 fully saturated rings. The zero-order chi connectivity index (χ0) is 25.6. The second kappa shape index (κ2) is 11.3. The molecular weight excluding hydrogens is 442 g/mol. The van der Waals surface area contributed by atoms with E-state index in [4.69, 9.17) is 9.47 Å². The Labute approximate surface area is 208 Å². The average Bonchev–Trinajstić information content (AvgIpc) is 2.83. The highest BCUT2D eigenvalue weighted by molar-refractivity contribution is 6.04. The first kappa shape index (κ1) is 26.1. The number of carbonyl (C=O) groups excluding carboxylic acids is 2. The summed E-state index contributed by atoms with van der Waals surface area (Å²) in [5, 5.41) is 2.96. The molecule has 0 atom stereocenters. The second-order valence-corrected chi connectivity index (χ2v) is 9.67. The van der Waals surface area contributed by atoms with Gasteiger partial charge in [-0.05, 0) is 69.5 Å². The number of piperazine rings is 1. The van der Waals surface area contributed by atoms with Crippen LogP contribution in [0.25, 0.3) is 5.57 Å². The van der Waals surface area contributed by atoms with Crippen LogP contribution in [-0.2, 0) is 4.74 Å². The Bertz CT molecular complexity index is 1060. The largest absolute Gasteiger partial charge is 0.495 e. The van der Waals surface area contributed by atoms with Gasteiger partial charge in [-0.3, -0.25) is 4.79 Å². The third-order valence-corrected chi connectivity index (χ3v) is 5.82. The van der Waals surface area contributed by atoms with Crippen molar-refractivity contribution in [2.75, 3.05) is 43.5 Å². The van der Waals surface area contributed by atoms with E-state index >= 15 is 0 Å². The van der Waals surface area contributed by atoms with E-state index < -0.39 is 5.60 Å². The summed E-state index contributed by atoms with van der Waals surface area (Å²) in [6.45, 7) is 12.3. The fourth-order valence-corrected chi connectivity index (χ4v) is 3.98. The third kappa shape index (κ3) is 7.01. The van der Waals surface area contributed by atoms with Crippen molar-refractivity contribution in [2.24, 2.45) is 0 Å². The van der Waals surface area contributed by atoms with Gasteiger partial charge in [0, 0.05) is 43.5 Å². The van der Waals surface area contributed by atoms with Crippen LogP contribution in [0.15, 0.2) is 48.5 Å². The van der Waals surface area contributed by atoms with Gasteiger partial charge in [-0.2, -0.15) is 0 Å². The summed E-state index contributed by atoms with van der Waals surface area (Å²) in [6, 6.07) is 13.3. The van der Waals surface area contributed by atoms with Gasteiger partial charge >= 0.3 is 6.09 Å². The molecule has 1 saturated heterocycles. The summed E-state index contributed by atoms with van der Waals surface area (Å²) >= 11 is 0. The monoisotopic (exact) mass is 479 g/mol. The number of amides is 2. The molecule has 0 aromatic heterocycles. The molecule has 1 aliphatic rings. The van der Waals surface area contributed by atoms with Crippen LogP contribution in [0.4, 0.5) is 16.2 Å². The number of hydrogen-bond donors (Lipinski definition) is 1. The first-order valence-corrected chi connectivity index (χ1v) is 12.1. The molecule has 1 N–H and O–H groups in total. The molecule has 3 rings (SSSR count). The van der Waals surface area contributed by atoms with Crippen molar-refractivity contribution in [3.8, 4) is 5.75 Å². The number of nitrogens with zero attached hydrogens (tertiary/aromatic N) is 2. The predicted molar refractivity (Wildman–Crippen MR) is 141 cm³/mol. The standard InChI is InChI=1S/C28H37N3O4/c1-7-8-20(2)21-9-11-22(12-10-21)26(32)29-23-13-14-24(25(19-23)34-6)30-15-17-31(18-16-30)27(33)35-28(3,4)5/h8-14,19H,7,15-18H2,1-6H3,(H,29,32)/b20-8+. The maximum atomic E-state index is 12.8. The zero-order valence-electron chi connectivity index (χ0n) is 21.7. The van der Waals surface area contributed by atoms with Crippen LogP contribution < -0.4 is 15.0 Å². The molecule has 7 heteroatoms. The molecule has 35 heavy (non-hydrogen) atoms. The van der Waals surface area contributed by atoms with Crippen LogP contribution in [-0.4, -0.2) is 55.8 Å². The molecule has 0 radical (unpaired) electrons. The lowest BCUT2D eigenvalue weighted by Gasteiger charge is -2.37. The summed E-state index contributed by atoms with van der Waals surface area (Å²) in [5.41, 5.74) is 3.99. The smallest absolute Gasteiger partial charge is 0.410 e. The molecule has 2 aromatic rings. The lowest BCUT2D eigenvalue weighted by atomic mass is 10.0. The van der Waals surface area contributed by atoms with Gasteiger partial charge in [0.25, 0.3) is 5.91 Å². The molecule has 0 aliphatic carbocycles. The van der Waals surface area contributed by atoms with Crippen LogP contribution >= 0.6 is 0 Å². The van der Waals surface area contributed by atoms with Crippen molar-refractivity contribution in [1.82, 2.24) is 4.90 Å². The summed E-state index contributed by atoms with van der Waals surface area (Å²) in [5.74, 6) is 0.499. The van der Waals surface area contributed by atoms with Crippen molar-refractivity contribution < 1.29 is 19.1 Å². The minimum atomic E-state index is -0.509. The first-order chi connectivity index (χ1) is 16.6. The van der Waals surface area contributed by atoms with Crippen molar-refractivity contribution in [3.05, 3.63) is 59.7 Å². The SMILES string of the molecule is CC/C=C(\C)c1ccc(C(=O)Nc2ccc(N3CCN(C(=O)OC(C)(C)C)CC3)c(OC)c2)cc1. The van der Waals surface area contributed by atoms with Crippen LogP contribution in [0, 0.1) is 0 Å². The maximum Gasteiger partial charge on any atom is 0.410 e. The van der Waals surface area contributed by atoms with Crippen LogP contribution in [0.3, 0.4) is 0 Å². The van der Waals surface area contributed by atoms with Gasteiger partial charge in [0.15, 0.2) is 0 Å². The number of allylic oxidation sites excluding steroid dienone is 2. The second-order valence-electron chi connectivity index (χ2n) is 9.67. The Hall–Kier alpha value is -3.48. The summed E-state index contributed by atoms with van der Waals surface area (Å²) in [7, 11) is 1.62. The Morgan fingerprint density at radius 1 is 1.00 bits per heavy atom. The maximum absolute atomic E-state index is 12.8. The fourth-order valence-electron chi connectivity index (χ4n) is 3.98. The Balaban J connectivity index is 1.64. The van der Waals surface area contributed by atoms with Gasteiger partial charge in [-0.25, -0.2) is 4.79 Å². The number of rotatable bonds is 6. The summed E-state index contributed by atoms with van der Waals surface area (Å²) < 4.78 is 11.1. The first-order valence-electron chi connectivity index (χ1n) is 12.1. The van der Waals surface area contributed by atoms with E-state index in [0.29, 0.717) is 43.2 Å². The fraction of sp³-hybridized carbons (Fsp3) is 0.429. The zero-order valence-corrected chi connectivity index (χ0v) is 21.7. The van der Waals surface area contributed by atoms with Crippen LogP contribution in [0.2, 0.25) is 0 Å². The number of anilines is 2. The molecule has 2 aromatic carbocycles. The molecular formula is C28H37N3O4. The number of ether oxygens (including phenoxy) is 2. The normalized spacial score (nSPS) is 14.5. The van der Waals surface area contributed by atoms with Gasteiger partial charge in [-0.15, -0.1) is 0 Å². The van der Waals surface area contributed by atoms with E-state index in [0.717, 1.165) is 17.7 Å². The highest BCUT2D eigenvalue weighted by Gasteiger charge is 2.27. The van der Waals surface area contributed by atoms with E-state index in [1.807, 2.05) is 63.2 Å². The van der Waals surface area contributed by atoms with E-state index in [1.54, 1.807) is 12.0 Å². The van der Waals surface area contributed by atoms with E-state index in [9.17, 15) is 9.59 Å². The molecule has 0 bridgehead atoms. The predicted octanol–water partition coefficient (Wildman–Crippen LogP) is 5.82. The average molecular weight is 480 g/mol. The third-order valence-electron chi connectivity index (χ3n) is 5.82. The molecule has 0 spiro atoms. The lowest BCUT2D eigenvalue weighted by Crippen LogP contribution is -2.50. The van der Waals surface area contributed by atoms with Crippen molar-refractivity contribution in [3.63, 3.8) is 0 Å². The molecule has 1 heterocycles. The number of hydrogen-bond acceptors (Lipinski definition) is 5. The minimum Gasteiger partial charge on any atom is -0.495 e. The number of benzene rings is 2. The van der Waals surface area contributed by atoms with E-state index in [2.05, 4.69) is 30.1 Å². The number of nitrogens with one attached hydrogen (secondary N) is 1. The van der Waals surface area contributed by atoms with Gasteiger partial charge in [0.05, 0.1) is 12.8 Å². The highest BCUT2D eigenvalue weighted by atomic mass is 16.6. The topological polar surface area (TPSA) is 71.1 Å². The molecule has 1 aliphatic heterocycles. The quantitative estimate of drug-likeness (QED) is 0.565. The molecule has 7 nitrogen and oxygen atoms in total. The number of methoxy groups -OCH3 is 1. The van der Waals surface area contributed by atoms with Crippen molar-refractivity contribution in [1.29, 1.82) is 0 Å². The van der Waals surface area contributed by atoms with Crippen LogP contribution in [0.1, 0.15) is 57.0 Å². The summed E-state index contributed by atoms with van der Waals surface area (Å²) in [4.78, 5) is 29.0. The molecule has 0 unspecified atom stereocenters. The van der Waals surface area contributed by atoms with Gasteiger partial charge in [-0.1, -0.05) is 25.1 Å². The Morgan fingerprint density at radius 3 is 2.20 bits per heavy atom. The number of carbonyl (C=O) groups is 2.